The smallest absolute Gasteiger partial charge is 0.343 e. The van der Waals surface area contributed by atoms with Gasteiger partial charge in [0.2, 0.25) is 11.4 Å². The van der Waals surface area contributed by atoms with Crippen LogP contribution < -0.4 is 5.32 Å². The van der Waals surface area contributed by atoms with Crippen molar-refractivity contribution in [3.8, 4) is 0 Å². The molecule has 0 heterocycles. The summed E-state index contributed by atoms with van der Waals surface area (Å²) in [6, 6.07) is 0. The van der Waals surface area contributed by atoms with Crippen molar-refractivity contribution in [1.29, 1.82) is 0 Å². The SMILES string of the molecule is CCCCCCCC/C=C/CCCCCCCCC(NC(C)=O)(C(=O)OCC)C(=O)OCC. The molecule has 33 heavy (non-hydrogen) atoms. The minimum Gasteiger partial charge on any atom is -0.464 e. The van der Waals surface area contributed by atoms with E-state index < -0.39 is 23.4 Å². The van der Waals surface area contributed by atoms with Crippen molar-refractivity contribution < 1.29 is 23.9 Å². The lowest BCUT2D eigenvalue weighted by Gasteiger charge is -2.29. The van der Waals surface area contributed by atoms with Gasteiger partial charge >= 0.3 is 11.9 Å². The van der Waals surface area contributed by atoms with Crippen LogP contribution in [0, 0.1) is 0 Å². The number of carbonyl (C=O) groups excluding carboxylic acids is 3. The molecule has 6 nitrogen and oxygen atoms in total. The number of allylic oxidation sites excluding steroid dienone is 2. The summed E-state index contributed by atoms with van der Waals surface area (Å²) in [6.45, 7) is 7.14. The number of carbonyl (C=O) groups is 3. The molecule has 192 valence electrons. The first kappa shape index (κ1) is 31.1. The third-order valence-electron chi connectivity index (χ3n) is 5.70. The second kappa shape index (κ2) is 20.7. The monoisotopic (exact) mass is 467 g/mol. The highest BCUT2D eigenvalue weighted by molar-refractivity contribution is 6.07. The average Bonchev–Trinajstić information content (AvgIpc) is 2.78. The highest BCUT2D eigenvalue weighted by Crippen LogP contribution is 2.21. The molecule has 0 saturated heterocycles. The topological polar surface area (TPSA) is 81.7 Å². The molecule has 0 saturated carbocycles. The molecule has 0 aliphatic rings. The van der Waals surface area contributed by atoms with Gasteiger partial charge in [0.25, 0.3) is 0 Å². The Morgan fingerprint density at radius 2 is 1.09 bits per heavy atom. The van der Waals surface area contributed by atoms with Crippen LogP contribution in [0.2, 0.25) is 0 Å². The molecule has 0 unspecified atom stereocenters. The van der Waals surface area contributed by atoms with Gasteiger partial charge in [0, 0.05) is 6.92 Å². The van der Waals surface area contributed by atoms with E-state index in [-0.39, 0.29) is 19.6 Å². The van der Waals surface area contributed by atoms with Crippen molar-refractivity contribution in [2.45, 2.75) is 130 Å². The lowest BCUT2D eigenvalue weighted by atomic mass is 9.91. The molecule has 6 heteroatoms. The van der Waals surface area contributed by atoms with E-state index in [0.717, 1.165) is 25.7 Å². The quantitative estimate of drug-likeness (QED) is 0.0912. The van der Waals surface area contributed by atoms with E-state index in [4.69, 9.17) is 9.47 Å². The summed E-state index contributed by atoms with van der Waals surface area (Å²) >= 11 is 0. The third-order valence-corrected chi connectivity index (χ3v) is 5.70. The van der Waals surface area contributed by atoms with Gasteiger partial charge in [-0.15, -0.1) is 0 Å². The molecular formula is C27H49NO5. The highest BCUT2D eigenvalue weighted by Gasteiger charge is 2.49. The largest absolute Gasteiger partial charge is 0.464 e. The minimum absolute atomic E-state index is 0.132. The maximum absolute atomic E-state index is 12.6. The number of hydrogen-bond donors (Lipinski definition) is 1. The lowest BCUT2D eigenvalue weighted by Crippen LogP contribution is -2.61. The molecule has 1 amide bonds. The number of rotatable bonds is 21. The van der Waals surface area contributed by atoms with Gasteiger partial charge in [-0.1, -0.05) is 76.9 Å². The number of unbranched alkanes of at least 4 members (excludes halogenated alkanes) is 12. The molecule has 0 fully saturated rings. The van der Waals surface area contributed by atoms with E-state index in [1.807, 2.05) is 0 Å². The Bertz CT molecular complexity index is 541. The molecule has 0 radical (unpaired) electrons. The fourth-order valence-corrected chi connectivity index (χ4v) is 3.90. The van der Waals surface area contributed by atoms with Gasteiger partial charge in [-0.2, -0.15) is 0 Å². The van der Waals surface area contributed by atoms with Gasteiger partial charge in [0.15, 0.2) is 0 Å². The second-order valence-electron chi connectivity index (χ2n) is 8.72. The van der Waals surface area contributed by atoms with Crippen LogP contribution in [-0.4, -0.2) is 36.6 Å². The number of ether oxygens (including phenoxy) is 2. The number of esters is 2. The molecule has 0 atom stereocenters. The summed E-state index contributed by atoms with van der Waals surface area (Å²) in [4.78, 5) is 36.8. The first-order valence-corrected chi connectivity index (χ1v) is 13.2. The zero-order valence-corrected chi connectivity index (χ0v) is 21.7. The van der Waals surface area contributed by atoms with Crippen LogP contribution in [-0.2, 0) is 23.9 Å². The van der Waals surface area contributed by atoms with Gasteiger partial charge in [0.1, 0.15) is 0 Å². The minimum atomic E-state index is -1.75. The van der Waals surface area contributed by atoms with Gasteiger partial charge in [-0.25, -0.2) is 9.59 Å². The van der Waals surface area contributed by atoms with E-state index in [1.165, 1.54) is 64.7 Å². The number of hydrogen-bond acceptors (Lipinski definition) is 5. The second-order valence-corrected chi connectivity index (χ2v) is 8.72. The van der Waals surface area contributed by atoms with Gasteiger partial charge in [-0.3, -0.25) is 4.79 Å². The van der Waals surface area contributed by atoms with E-state index in [0.29, 0.717) is 6.42 Å². The fourth-order valence-electron chi connectivity index (χ4n) is 3.90. The Kier molecular flexibility index (Phi) is 19.6. The standard InChI is InChI=1S/C27H49NO5/c1-5-8-9-10-11-12-13-14-15-16-17-18-19-20-21-22-23-27(28-24(4)29,25(30)32-6-2)26(31)33-7-3/h14-15H,5-13,16-23H2,1-4H3,(H,28,29)/b15-14+. The normalized spacial score (nSPS) is 11.5. The maximum atomic E-state index is 12.6. The van der Waals surface area contributed by atoms with Gasteiger partial charge in [0.05, 0.1) is 13.2 Å². The summed E-state index contributed by atoms with van der Waals surface area (Å²) in [7, 11) is 0. The Balaban J connectivity index is 4.16. The van der Waals surface area contributed by atoms with Crippen molar-refractivity contribution in [3.63, 3.8) is 0 Å². The Hall–Kier alpha value is -1.85. The molecule has 0 aromatic rings. The first-order chi connectivity index (χ1) is 15.9. The summed E-state index contributed by atoms with van der Waals surface area (Å²) in [5.41, 5.74) is -1.75. The molecule has 0 spiro atoms. The van der Waals surface area contributed by atoms with Crippen LogP contribution in [0.25, 0.3) is 0 Å². The van der Waals surface area contributed by atoms with E-state index >= 15 is 0 Å². The fraction of sp³-hybridized carbons (Fsp3) is 0.815. The predicted molar refractivity (Wildman–Crippen MR) is 134 cm³/mol. The van der Waals surface area contributed by atoms with Crippen molar-refractivity contribution in [2.75, 3.05) is 13.2 Å². The summed E-state index contributed by atoms with van der Waals surface area (Å²) in [5.74, 6) is -1.95. The molecule has 0 rings (SSSR count). The number of nitrogens with one attached hydrogen (secondary N) is 1. The van der Waals surface area contributed by atoms with Crippen LogP contribution >= 0.6 is 0 Å². The van der Waals surface area contributed by atoms with Gasteiger partial charge in [-0.05, 0) is 52.4 Å². The Morgan fingerprint density at radius 1 is 0.667 bits per heavy atom. The van der Waals surface area contributed by atoms with E-state index in [2.05, 4.69) is 24.4 Å². The summed E-state index contributed by atoms with van der Waals surface area (Å²) in [6.07, 6.45) is 21.3. The van der Waals surface area contributed by atoms with Gasteiger partial charge < -0.3 is 14.8 Å². The molecule has 0 aliphatic heterocycles. The Labute approximate surface area is 202 Å². The first-order valence-electron chi connectivity index (χ1n) is 13.2. The summed E-state index contributed by atoms with van der Waals surface area (Å²) < 4.78 is 10.2. The van der Waals surface area contributed by atoms with Crippen LogP contribution in [0.15, 0.2) is 12.2 Å². The third kappa shape index (κ3) is 14.8. The zero-order valence-electron chi connectivity index (χ0n) is 21.7. The van der Waals surface area contributed by atoms with Crippen LogP contribution in [0.1, 0.15) is 124 Å². The summed E-state index contributed by atoms with van der Waals surface area (Å²) in [5, 5.41) is 2.52. The highest BCUT2D eigenvalue weighted by atomic mass is 16.6. The molecule has 0 bridgehead atoms. The van der Waals surface area contributed by atoms with E-state index in [9.17, 15) is 14.4 Å². The predicted octanol–water partition coefficient (Wildman–Crippen LogP) is 6.42. The van der Waals surface area contributed by atoms with Crippen LogP contribution in [0.5, 0.6) is 0 Å². The van der Waals surface area contributed by atoms with Crippen LogP contribution in [0.3, 0.4) is 0 Å². The molecule has 0 aromatic carbocycles. The molecule has 1 N–H and O–H groups in total. The molecular weight excluding hydrogens is 418 g/mol. The molecule has 0 aliphatic carbocycles. The zero-order chi connectivity index (χ0) is 24.8. The van der Waals surface area contributed by atoms with Crippen LogP contribution in [0.4, 0.5) is 0 Å². The number of amides is 1. The molecule has 0 aromatic heterocycles. The van der Waals surface area contributed by atoms with E-state index in [1.54, 1.807) is 13.8 Å². The van der Waals surface area contributed by atoms with Crippen molar-refractivity contribution >= 4 is 17.8 Å². The average molecular weight is 468 g/mol. The van der Waals surface area contributed by atoms with Crippen molar-refractivity contribution in [3.05, 3.63) is 12.2 Å². The van der Waals surface area contributed by atoms with Crippen molar-refractivity contribution in [1.82, 2.24) is 5.32 Å². The van der Waals surface area contributed by atoms with Crippen molar-refractivity contribution in [2.24, 2.45) is 0 Å². The lowest BCUT2D eigenvalue weighted by molar-refractivity contribution is -0.168. The maximum Gasteiger partial charge on any atom is 0.343 e. The Morgan fingerprint density at radius 3 is 1.52 bits per heavy atom.